The van der Waals surface area contributed by atoms with Crippen LogP contribution in [0, 0.1) is 21.4 Å². The highest BCUT2D eigenvalue weighted by Gasteiger charge is 2.16. The molecule has 0 bridgehead atoms. The number of aliphatic hydroxyl groups is 1. The fourth-order valence-electron chi connectivity index (χ4n) is 1.31. The van der Waals surface area contributed by atoms with E-state index in [1.807, 2.05) is 0 Å². The Morgan fingerprint density at radius 3 is 2.83 bits per heavy atom. The zero-order valence-corrected chi connectivity index (χ0v) is 9.42. The third-order valence-electron chi connectivity index (χ3n) is 2.16. The van der Waals surface area contributed by atoms with Gasteiger partial charge in [0.25, 0.3) is 5.69 Å². The molecule has 0 saturated carbocycles. The second-order valence-corrected chi connectivity index (χ2v) is 3.48. The molecule has 0 spiro atoms. The number of anilines is 1. The third kappa shape index (κ3) is 3.54. The molecule has 0 aromatic heterocycles. The topological polar surface area (TPSA) is 116 Å². The Bertz CT molecular complexity index is 508. The number of amides is 1. The van der Waals surface area contributed by atoms with Crippen LogP contribution in [0.4, 0.5) is 11.4 Å². The normalized spacial score (nSPS) is 9.56. The second kappa shape index (κ2) is 6.32. The molecule has 0 aliphatic rings. The first-order chi connectivity index (χ1) is 8.58. The average molecular weight is 249 g/mol. The summed E-state index contributed by atoms with van der Waals surface area (Å²) in [7, 11) is 0. The lowest BCUT2D eigenvalue weighted by molar-refractivity contribution is -0.383. The Morgan fingerprint density at radius 2 is 2.28 bits per heavy atom. The molecule has 0 atom stereocenters. The van der Waals surface area contributed by atoms with Gasteiger partial charge in [-0.25, -0.2) is 0 Å². The molecule has 0 aliphatic heterocycles. The molecule has 0 unspecified atom stereocenters. The van der Waals surface area contributed by atoms with Crippen LogP contribution >= 0.6 is 0 Å². The zero-order valence-electron chi connectivity index (χ0n) is 9.42. The maximum Gasteiger partial charge on any atom is 0.294 e. The molecule has 0 aliphatic carbocycles. The lowest BCUT2D eigenvalue weighted by Crippen LogP contribution is -2.13. The van der Waals surface area contributed by atoms with Gasteiger partial charge in [0.2, 0.25) is 5.91 Å². The molecule has 0 fully saturated rings. The number of nitrogens with zero attached hydrogens (tertiary/aromatic N) is 2. The van der Waals surface area contributed by atoms with Crippen LogP contribution < -0.4 is 5.32 Å². The van der Waals surface area contributed by atoms with Crippen molar-refractivity contribution in [2.75, 3.05) is 11.9 Å². The summed E-state index contributed by atoms with van der Waals surface area (Å²) in [5, 5.41) is 30.4. The number of nitrogens with one attached hydrogen (secondary N) is 1. The summed E-state index contributed by atoms with van der Waals surface area (Å²) >= 11 is 0. The van der Waals surface area contributed by atoms with Crippen molar-refractivity contribution in [2.24, 2.45) is 0 Å². The van der Waals surface area contributed by atoms with E-state index in [-0.39, 0.29) is 36.4 Å². The van der Waals surface area contributed by atoms with Crippen molar-refractivity contribution in [1.29, 1.82) is 5.26 Å². The fourth-order valence-corrected chi connectivity index (χ4v) is 1.31. The molecule has 1 amide bonds. The minimum absolute atomic E-state index is 0.0435. The molecule has 0 heterocycles. The van der Waals surface area contributed by atoms with E-state index in [0.29, 0.717) is 0 Å². The van der Waals surface area contributed by atoms with Crippen molar-refractivity contribution in [3.05, 3.63) is 33.9 Å². The number of carbonyl (C=O) groups excluding carboxylic acids is 1. The second-order valence-electron chi connectivity index (χ2n) is 3.48. The number of benzene rings is 1. The van der Waals surface area contributed by atoms with E-state index in [1.54, 1.807) is 6.07 Å². The summed E-state index contributed by atoms with van der Waals surface area (Å²) in [5.41, 5.74) is -0.136. The number of carbonyl (C=O) groups is 1. The van der Waals surface area contributed by atoms with Gasteiger partial charge in [-0.3, -0.25) is 14.9 Å². The number of aliphatic hydroxyl groups excluding tert-OH is 1. The number of nitro benzene ring substituents is 1. The van der Waals surface area contributed by atoms with Gasteiger partial charge in [-0.1, -0.05) is 0 Å². The number of nitriles is 1. The molecule has 7 heteroatoms. The molecular weight excluding hydrogens is 238 g/mol. The minimum atomic E-state index is -0.664. The predicted octanol–water partition coefficient (Wildman–Crippen LogP) is 1.18. The standard InChI is InChI=1S/C11H11N3O4/c12-7-8-3-4-9(10(6-8)14(17)18)13-11(16)2-1-5-15/h3-4,6,15H,1-2,5H2,(H,13,16). The maximum atomic E-state index is 11.4. The predicted molar refractivity (Wildman–Crippen MR) is 62.8 cm³/mol. The van der Waals surface area contributed by atoms with Crippen LogP contribution in [0.25, 0.3) is 0 Å². The average Bonchev–Trinajstić information content (AvgIpc) is 2.36. The van der Waals surface area contributed by atoms with Gasteiger partial charge in [0, 0.05) is 19.1 Å². The molecule has 0 saturated heterocycles. The van der Waals surface area contributed by atoms with Gasteiger partial charge in [-0.2, -0.15) is 5.26 Å². The Hall–Kier alpha value is -2.46. The minimum Gasteiger partial charge on any atom is -0.396 e. The summed E-state index contributed by atoms with van der Waals surface area (Å²) in [6.07, 6.45) is 0.365. The smallest absolute Gasteiger partial charge is 0.294 e. The van der Waals surface area contributed by atoms with Crippen molar-refractivity contribution >= 4 is 17.3 Å². The summed E-state index contributed by atoms with van der Waals surface area (Å²) in [4.78, 5) is 21.5. The van der Waals surface area contributed by atoms with Crippen molar-refractivity contribution < 1.29 is 14.8 Å². The van der Waals surface area contributed by atoms with Gasteiger partial charge < -0.3 is 10.4 Å². The van der Waals surface area contributed by atoms with E-state index in [4.69, 9.17) is 10.4 Å². The van der Waals surface area contributed by atoms with Gasteiger partial charge in [-0.05, 0) is 18.6 Å². The molecule has 18 heavy (non-hydrogen) atoms. The highest BCUT2D eigenvalue weighted by atomic mass is 16.6. The van der Waals surface area contributed by atoms with Crippen LogP contribution in [0.1, 0.15) is 18.4 Å². The van der Waals surface area contributed by atoms with Crippen LogP contribution in [0.2, 0.25) is 0 Å². The molecule has 7 nitrogen and oxygen atoms in total. The summed E-state index contributed by atoms with van der Waals surface area (Å²) in [5.74, 6) is -0.420. The van der Waals surface area contributed by atoms with Crippen LogP contribution in [0.3, 0.4) is 0 Å². The first-order valence-corrected chi connectivity index (χ1v) is 5.17. The van der Waals surface area contributed by atoms with Crippen LogP contribution in [0.5, 0.6) is 0 Å². The van der Waals surface area contributed by atoms with Crippen molar-refractivity contribution in [3.63, 3.8) is 0 Å². The fraction of sp³-hybridized carbons (Fsp3) is 0.273. The Labute approximate surface area is 103 Å². The highest BCUT2D eigenvalue weighted by Crippen LogP contribution is 2.25. The SMILES string of the molecule is N#Cc1ccc(NC(=O)CCCO)c([N+](=O)[O-])c1. The first kappa shape index (κ1) is 13.6. The molecule has 1 aromatic rings. The van der Waals surface area contributed by atoms with Gasteiger partial charge in [0.1, 0.15) is 5.69 Å². The van der Waals surface area contributed by atoms with E-state index < -0.39 is 10.8 Å². The largest absolute Gasteiger partial charge is 0.396 e. The molecule has 2 N–H and O–H groups in total. The number of hydrogen-bond acceptors (Lipinski definition) is 5. The van der Waals surface area contributed by atoms with E-state index in [9.17, 15) is 14.9 Å². The monoisotopic (exact) mass is 249 g/mol. The van der Waals surface area contributed by atoms with Crippen molar-refractivity contribution in [1.82, 2.24) is 0 Å². The molecular formula is C11H11N3O4. The summed E-state index contributed by atoms with van der Waals surface area (Å²) in [6.45, 7) is -0.122. The Balaban J connectivity index is 2.92. The van der Waals surface area contributed by atoms with Gasteiger partial charge in [-0.15, -0.1) is 0 Å². The lowest BCUT2D eigenvalue weighted by atomic mass is 10.2. The van der Waals surface area contributed by atoms with E-state index in [1.165, 1.54) is 12.1 Å². The molecule has 1 rings (SSSR count). The Kier molecular flexibility index (Phi) is 4.78. The van der Waals surface area contributed by atoms with Crippen LogP contribution in [0.15, 0.2) is 18.2 Å². The van der Waals surface area contributed by atoms with Crippen LogP contribution in [-0.4, -0.2) is 22.5 Å². The maximum absolute atomic E-state index is 11.4. The zero-order chi connectivity index (χ0) is 13.5. The summed E-state index contributed by atoms with van der Waals surface area (Å²) in [6, 6.07) is 5.58. The third-order valence-corrected chi connectivity index (χ3v) is 2.16. The quantitative estimate of drug-likeness (QED) is 0.600. The Morgan fingerprint density at radius 1 is 1.56 bits per heavy atom. The van der Waals surface area contributed by atoms with Gasteiger partial charge >= 0.3 is 0 Å². The van der Waals surface area contributed by atoms with E-state index in [2.05, 4.69) is 5.32 Å². The molecule has 94 valence electrons. The lowest BCUT2D eigenvalue weighted by Gasteiger charge is -2.05. The first-order valence-electron chi connectivity index (χ1n) is 5.17. The van der Waals surface area contributed by atoms with Gasteiger partial charge in [0.05, 0.1) is 16.6 Å². The van der Waals surface area contributed by atoms with Gasteiger partial charge in [0.15, 0.2) is 0 Å². The number of rotatable bonds is 5. The number of nitro groups is 1. The highest BCUT2D eigenvalue weighted by molar-refractivity contribution is 5.93. The molecule has 1 aromatic carbocycles. The van der Waals surface area contributed by atoms with E-state index in [0.717, 1.165) is 6.07 Å². The van der Waals surface area contributed by atoms with Crippen molar-refractivity contribution in [3.8, 4) is 6.07 Å². The van der Waals surface area contributed by atoms with Crippen molar-refractivity contribution in [2.45, 2.75) is 12.8 Å². The van der Waals surface area contributed by atoms with Crippen LogP contribution in [-0.2, 0) is 4.79 Å². The molecule has 0 radical (unpaired) electrons. The summed E-state index contributed by atoms with van der Waals surface area (Å²) < 4.78 is 0. The number of hydrogen-bond donors (Lipinski definition) is 2. The van der Waals surface area contributed by atoms with E-state index >= 15 is 0 Å².